The number of anilines is 2. The largest absolute Gasteiger partial charge is 0.423 e. The zero-order valence-corrected chi connectivity index (χ0v) is 11.0. The molecule has 1 unspecified atom stereocenters. The minimum Gasteiger partial charge on any atom is -0.423 e. The first-order valence-electron chi connectivity index (χ1n) is 6.79. The zero-order valence-electron chi connectivity index (χ0n) is 11.0. The van der Waals surface area contributed by atoms with E-state index < -0.39 is 0 Å². The first kappa shape index (κ1) is 11.3. The van der Waals surface area contributed by atoms with E-state index in [0.717, 1.165) is 24.1 Å². The molecule has 4 rings (SSSR count). The molecule has 2 N–H and O–H groups in total. The Balaban J connectivity index is 1.69. The van der Waals surface area contributed by atoms with Crippen molar-refractivity contribution in [2.75, 3.05) is 17.2 Å². The van der Waals surface area contributed by atoms with Crippen molar-refractivity contribution in [1.82, 2.24) is 4.98 Å². The van der Waals surface area contributed by atoms with Gasteiger partial charge in [0.1, 0.15) is 5.52 Å². The summed E-state index contributed by atoms with van der Waals surface area (Å²) in [4.78, 5) is 6.75. The fourth-order valence-corrected chi connectivity index (χ4v) is 2.69. The van der Waals surface area contributed by atoms with Crippen molar-refractivity contribution in [3.05, 3.63) is 54.1 Å². The van der Waals surface area contributed by atoms with Gasteiger partial charge in [-0.3, -0.25) is 0 Å². The van der Waals surface area contributed by atoms with Crippen LogP contribution in [-0.2, 0) is 0 Å². The van der Waals surface area contributed by atoms with E-state index in [9.17, 15) is 0 Å². The predicted octanol–water partition coefficient (Wildman–Crippen LogP) is 3.36. The fourth-order valence-electron chi connectivity index (χ4n) is 2.69. The third-order valence-electron chi connectivity index (χ3n) is 3.85. The highest BCUT2D eigenvalue weighted by atomic mass is 16.4. The molecule has 1 fully saturated rings. The van der Waals surface area contributed by atoms with E-state index in [0.29, 0.717) is 17.7 Å². The molecule has 0 bridgehead atoms. The lowest BCUT2D eigenvalue weighted by Gasteiger charge is -2.40. The summed E-state index contributed by atoms with van der Waals surface area (Å²) in [5.41, 5.74) is 9.40. The number of fused-ring (bicyclic) bond motifs is 1. The van der Waals surface area contributed by atoms with Crippen LogP contribution in [0.15, 0.2) is 52.9 Å². The summed E-state index contributed by atoms with van der Waals surface area (Å²) in [6, 6.07) is 17.1. The average Bonchev–Trinajstić information content (AvgIpc) is 2.80. The van der Waals surface area contributed by atoms with Crippen molar-refractivity contribution in [1.29, 1.82) is 0 Å². The first-order chi connectivity index (χ1) is 9.81. The molecule has 1 atom stereocenters. The summed E-state index contributed by atoms with van der Waals surface area (Å²) in [7, 11) is 0. The van der Waals surface area contributed by atoms with Crippen LogP contribution in [0.2, 0.25) is 0 Å². The molecule has 0 saturated carbocycles. The second-order valence-corrected chi connectivity index (χ2v) is 5.13. The van der Waals surface area contributed by atoms with Crippen LogP contribution in [-0.4, -0.2) is 11.5 Å². The number of benzene rings is 2. The number of hydrogen-bond donors (Lipinski definition) is 1. The van der Waals surface area contributed by atoms with Gasteiger partial charge in [0.25, 0.3) is 6.01 Å². The molecular formula is C16H15N3O. The second kappa shape index (κ2) is 4.27. The van der Waals surface area contributed by atoms with Gasteiger partial charge >= 0.3 is 0 Å². The monoisotopic (exact) mass is 265 g/mol. The molecule has 1 aliphatic heterocycles. The highest BCUT2D eigenvalue weighted by Gasteiger charge is 2.32. The molecule has 2 aromatic carbocycles. The van der Waals surface area contributed by atoms with Crippen molar-refractivity contribution < 1.29 is 4.42 Å². The van der Waals surface area contributed by atoms with Crippen LogP contribution < -0.4 is 10.6 Å². The van der Waals surface area contributed by atoms with Gasteiger partial charge in [0, 0.05) is 12.2 Å². The Morgan fingerprint density at radius 3 is 2.75 bits per heavy atom. The van der Waals surface area contributed by atoms with Gasteiger partial charge in [-0.25, -0.2) is 0 Å². The summed E-state index contributed by atoms with van der Waals surface area (Å²) >= 11 is 0. The molecule has 1 aromatic heterocycles. The average molecular weight is 265 g/mol. The lowest BCUT2D eigenvalue weighted by molar-refractivity contribution is 0.416. The Bertz CT molecular complexity index is 751. The molecule has 20 heavy (non-hydrogen) atoms. The van der Waals surface area contributed by atoms with Crippen molar-refractivity contribution in [3.8, 4) is 0 Å². The lowest BCUT2D eigenvalue weighted by Crippen LogP contribution is -2.41. The van der Waals surface area contributed by atoms with E-state index in [1.807, 2.05) is 24.3 Å². The molecule has 4 heteroatoms. The van der Waals surface area contributed by atoms with E-state index >= 15 is 0 Å². The van der Waals surface area contributed by atoms with Crippen LogP contribution in [0.1, 0.15) is 18.0 Å². The molecule has 0 spiro atoms. The highest BCUT2D eigenvalue weighted by Crippen LogP contribution is 2.38. The van der Waals surface area contributed by atoms with Gasteiger partial charge in [0.15, 0.2) is 5.58 Å². The van der Waals surface area contributed by atoms with Gasteiger partial charge in [0.2, 0.25) is 0 Å². The van der Waals surface area contributed by atoms with Crippen molar-refractivity contribution in [2.24, 2.45) is 0 Å². The van der Waals surface area contributed by atoms with Crippen LogP contribution in [0, 0.1) is 0 Å². The van der Waals surface area contributed by atoms with Crippen LogP contribution in [0.25, 0.3) is 11.1 Å². The van der Waals surface area contributed by atoms with Crippen molar-refractivity contribution >= 4 is 22.8 Å². The molecule has 1 aliphatic rings. The second-order valence-electron chi connectivity index (χ2n) is 5.13. The van der Waals surface area contributed by atoms with Gasteiger partial charge < -0.3 is 15.1 Å². The van der Waals surface area contributed by atoms with E-state index in [2.05, 4.69) is 34.1 Å². The molecule has 2 heterocycles. The van der Waals surface area contributed by atoms with Gasteiger partial charge in [-0.15, -0.1) is 0 Å². The van der Waals surface area contributed by atoms with Gasteiger partial charge in [0.05, 0.1) is 6.04 Å². The van der Waals surface area contributed by atoms with Crippen LogP contribution in [0.3, 0.4) is 0 Å². The lowest BCUT2D eigenvalue weighted by atomic mass is 9.95. The third-order valence-corrected chi connectivity index (χ3v) is 3.85. The normalized spacial score (nSPS) is 18.2. The van der Waals surface area contributed by atoms with E-state index in [1.54, 1.807) is 0 Å². The SMILES string of the molecule is Nc1ccc2oc(N3CCC3c3ccccc3)nc2c1. The van der Waals surface area contributed by atoms with Gasteiger partial charge in [-0.2, -0.15) is 4.98 Å². The Kier molecular flexibility index (Phi) is 2.42. The van der Waals surface area contributed by atoms with Crippen LogP contribution in [0.5, 0.6) is 0 Å². The number of nitrogens with two attached hydrogens (primary N) is 1. The molecule has 0 radical (unpaired) electrons. The molecule has 0 amide bonds. The minimum absolute atomic E-state index is 0.363. The summed E-state index contributed by atoms with van der Waals surface area (Å²) in [5.74, 6) is 0. The Morgan fingerprint density at radius 2 is 2.00 bits per heavy atom. The maximum atomic E-state index is 5.84. The van der Waals surface area contributed by atoms with E-state index in [-0.39, 0.29) is 0 Å². The van der Waals surface area contributed by atoms with Crippen LogP contribution >= 0.6 is 0 Å². The molecule has 100 valence electrons. The number of nitrogens with zero attached hydrogens (tertiary/aromatic N) is 2. The maximum absolute atomic E-state index is 5.84. The smallest absolute Gasteiger partial charge is 0.298 e. The molecule has 1 saturated heterocycles. The predicted molar refractivity (Wildman–Crippen MR) is 79.6 cm³/mol. The fraction of sp³-hybridized carbons (Fsp3) is 0.188. The standard InChI is InChI=1S/C16H15N3O/c17-12-6-7-15-13(10-12)18-16(20-15)19-9-8-14(19)11-4-2-1-3-5-11/h1-7,10,14H,8-9,17H2. The van der Waals surface area contributed by atoms with E-state index in [4.69, 9.17) is 10.2 Å². The quantitative estimate of drug-likeness (QED) is 0.722. The maximum Gasteiger partial charge on any atom is 0.298 e. The number of aromatic nitrogens is 1. The number of oxazole rings is 1. The summed E-state index contributed by atoms with van der Waals surface area (Å²) < 4.78 is 5.84. The number of hydrogen-bond acceptors (Lipinski definition) is 4. The number of nitrogen functional groups attached to an aromatic ring is 1. The topological polar surface area (TPSA) is 55.3 Å². The Morgan fingerprint density at radius 1 is 1.15 bits per heavy atom. The van der Waals surface area contributed by atoms with Gasteiger partial charge in [-0.1, -0.05) is 30.3 Å². The third kappa shape index (κ3) is 1.72. The molecule has 0 aliphatic carbocycles. The molecule has 4 nitrogen and oxygen atoms in total. The summed E-state index contributed by atoms with van der Waals surface area (Å²) in [5, 5.41) is 0. The zero-order chi connectivity index (χ0) is 13.5. The number of rotatable bonds is 2. The Hall–Kier alpha value is -2.49. The van der Waals surface area contributed by atoms with Crippen molar-refractivity contribution in [2.45, 2.75) is 12.5 Å². The Labute approximate surface area is 116 Å². The highest BCUT2D eigenvalue weighted by molar-refractivity contribution is 5.78. The summed E-state index contributed by atoms with van der Waals surface area (Å²) in [6.45, 7) is 0.974. The summed E-state index contributed by atoms with van der Waals surface area (Å²) in [6.07, 6.45) is 1.13. The molecule has 3 aromatic rings. The minimum atomic E-state index is 0.363. The van der Waals surface area contributed by atoms with E-state index in [1.165, 1.54) is 5.56 Å². The first-order valence-corrected chi connectivity index (χ1v) is 6.79. The molecular weight excluding hydrogens is 250 g/mol. The van der Waals surface area contributed by atoms with Crippen molar-refractivity contribution in [3.63, 3.8) is 0 Å². The van der Waals surface area contributed by atoms with Gasteiger partial charge in [-0.05, 0) is 30.2 Å². The van der Waals surface area contributed by atoms with Crippen LogP contribution in [0.4, 0.5) is 11.7 Å².